The third kappa shape index (κ3) is 2.81. The van der Waals surface area contributed by atoms with Crippen LogP contribution in [0.25, 0.3) is 21.5 Å². The van der Waals surface area contributed by atoms with Gasteiger partial charge in [0.15, 0.2) is 5.76 Å². The highest BCUT2D eigenvalue weighted by molar-refractivity contribution is 7.13. The Balaban J connectivity index is 1.71. The van der Waals surface area contributed by atoms with Gasteiger partial charge in [-0.2, -0.15) is 0 Å². The molecule has 0 fully saturated rings. The van der Waals surface area contributed by atoms with E-state index in [0.717, 1.165) is 4.88 Å². The molecule has 4 aromatic rings. The Labute approximate surface area is 144 Å². The van der Waals surface area contributed by atoms with E-state index < -0.39 is 4.92 Å². The summed E-state index contributed by atoms with van der Waals surface area (Å²) in [5.74, 6) is 0.986. The van der Waals surface area contributed by atoms with E-state index >= 15 is 0 Å². The van der Waals surface area contributed by atoms with E-state index in [2.05, 4.69) is 9.97 Å². The molecule has 1 aromatic carbocycles. The topological polar surface area (TPSA) is 104 Å². The van der Waals surface area contributed by atoms with Crippen molar-refractivity contribution in [2.24, 2.45) is 0 Å². The minimum absolute atomic E-state index is 0.0931. The standard InChI is InChI=1S/C16H10N4O4S/c21-16-11-6-10(20(22)23)3-4-12(11)18-9-19(16)8-15-17-7-13(24-15)14-2-1-5-25-14/h1-7,9H,8H2. The van der Waals surface area contributed by atoms with Crippen molar-refractivity contribution in [1.29, 1.82) is 0 Å². The Kier molecular flexibility index (Phi) is 3.62. The Morgan fingerprint density at radius 1 is 1.28 bits per heavy atom. The van der Waals surface area contributed by atoms with Crippen molar-refractivity contribution in [3.05, 3.63) is 74.6 Å². The maximum Gasteiger partial charge on any atom is 0.270 e. The molecule has 0 radical (unpaired) electrons. The van der Waals surface area contributed by atoms with Gasteiger partial charge in [0.2, 0.25) is 5.89 Å². The average molecular weight is 354 g/mol. The van der Waals surface area contributed by atoms with E-state index in [9.17, 15) is 14.9 Å². The molecule has 0 amide bonds. The van der Waals surface area contributed by atoms with Crippen LogP contribution in [0.4, 0.5) is 5.69 Å². The number of oxazole rings is 1. The van der Waals surface area contributed by atoms with Crippen LogP contribution in [0, 0.1) is 10.1 Å². The van der Waals surface area contributed by atoms with E-state index in [4.69, 9.17) is 4.42 Å². The zero-order valence-electron chi connectivity index (χ0n) is 12.7. The molecule has 0 N–H and O–H groups in total. The quantitative estimate of drug-likeness (QED) is 0.412. The molecule has 0 aliphatic carbocycles. The second kappa shape index (κ2) is 5.95. The van der Waals surface area contributed by atoms with E-state index in [0.29, 0.717) is 17.2 Å². The van der Waals surface area contributed by atoms with Crippen molar-refractivity contribution >= 4 is 27.9 Å². The molecule has 3 heterocycles. The molecule has 0 saturated heterocycles. The van der Waals surface area contributed by atoms with E-state index in [1.165, 1.54) is 40.4 Å². The number of nitro benzene ring substituents is 1. The molecule has 9 heteroatoms. The monoisotopic (exact) mass is 354 g/mol. The lowest BCUT2D eigenvalue weighted by atomic mass is 10.2. The maximum atomic E-state index is 12.6. The molecular formula is C16H10N4O4S. The molecule has 0 atom stereocenters. The number of non-ortho nitro benzene ring substituents is 1. The molecule has 3 aromatic heterocycles. The van der Waals surface area contributed by atoms with Crippen LogP contribution in [-0.2, 0) is 6.54 Å². The van der Waals surface area contributed by atoms with Gasteiger partial charge in [-0.1, -0.05) is 6.07 Å². The van der Waals surface area contributed by atoms with Gasteiger partial charge in [0.25, 0.3) is 11.2 Å². The highest BCUT2D eigenvalue weighted by atomic mass is 32.1. The fraction of sp³-hybridized carbons (Fsp3) is 0.0625. The number of aromatic nitrogens is 3. The van der Waals surface area contributed by atoms with Gasteiger partial charge < -0.3 is 4.42 Å². The predicted octanol–water partition coefficient (Wildman–Crippen LogP) is 3.07. The van der Waals surface area contributed by atoms with Gasteiger partial charge in [0.1, 0.15) is 6.54 Å². The van der Waals surface area contributed by atoms with Gasteiger partial charge in [-0.3, -0.25) is 19.5 Å². The average Bonchev–Trinajstić information content (AvgIpc) is 3.28. The summed E-state index contributed by atoms with van der Waals surface area (Å²) in [6, 6.07) is 7.83. The summed E-state index contributed by atoms with van der Waals surface area (Å²) in [6.45, 7) is 0.0931. The molecule has 0 aliphatic rings. The minimum Gasteiger partial charge on any atom is -0.438 e. The number of benzene rings is 1. The molecule has 0 saturated carbocycles. The molecule has 0 bridgehead atoms. The Morgan fingerprint density at radius 3 is 2.92 bits per heavy atom. The van der Waals surface area contributed by atoms with Gasteiger partial charge >= 0.3 is 0 Å². The first-order valence-electron chi connectivity index (χ1n) is 7.24. The fourth-order valence-corrected chi connectivity index (χ4v) is 3.11. The number of thiophene rings is 1. The lowest BCUT2D eigenvalue weighted by Crippen LogP contribution is -2.21. The third-order valence-corrected chi connectivity index (χ3v) is 4.53. The zero-order valence-corrected chi connectivity index (χ0v) is 13.5. The zero-order chi connectivity index (χ0) is 17.4. The van der Waals surface area contributed by atoms with Gasteiger partial charge in [0.05, 0.1) is 33.2 Å². The van der Waals surface area contributed by atoms with E-state index in [1.807, 2.05) is 17.5 Å². The minimum atomic E-state index is -0.544. The van der Waals surface area contributed by atoms with E-state index in [1.54, 1.807) is 6.20 Å². The molecule has 25 heavy (non-hydrogen) atoms. The van der Waals surface area contributed by atoms with Crippen LogP contribution in [-0.4, -0.2) is 19.5 Å². The number of fused-ring (bicyclic) bond motifs is 1. The summed E-state index contributed by atoms with van der Waals surface area (Å²) in [7, 11) is 0. The highest BCUT2D eigenvalue weighted by Crippen LogP contribution is 2.25. The molecule has 4 rings (SSSR count). The van der Waals surface area contributed by atoms with Gasteiger partial charge in [0, 0.05) is 12.1 Å². The number of hydrogen-bond donors (Lipinski definition) is 0. The van der Waals surface area contributed by atoms with Crippen LogP contribution in [0.3, 0.4) is 0 Å². The summed E-state index contributed by atoms with van der Waals surface area (Å²) < 4.78 is 6.98. The summed E-state index contributed by atoms with van der Waals surface area (Å²) >= 11 is 1.53. The van der Waals surface area contributed by atoms with Crippen LogP contribution in [0.2, 0.25) is 0 Å². The van der Waals surface area contributed by atoms with Crippen LogP contribution in [0.1, 0.15) is 5.89 Å². The summed E-state index contributed by atoms with van der Waals surface area (Å²) in [6.07, 6.45) is 2.98. The van der Waals surface area contributed by atoms with Crippen molar-refractivity contribution in [2.45, 2.75) is 6.54 Å². The smallest absolute Gasteiger partial charge is 0.270 e. The van der Waals surface area contributed by atoms with E-state index in [-0.39, 0.29) is 23.2 Å². The Bertz CT molecular complexity index is 1130. The summed E-state index contributed by atoms with van der Waals surface area (Å²) in [5, 5.41) is 13.0. The third-order valence-electron chi connectivity index (χ3n) is 3.64. The van der Waals surface area contributed by atoms with Crippen LogP contribution < -0.4 is 5.56 Å². The lowest BCUT2D eigenvalue weighted by Gasteiger charge is -2.04. The second-order valence-corrected chi connectivity index (χ2v) is 6.18. The molecule has 0 spiro atoms. The highest BCUT2D eigenvalue weighted by Gasteiger charge is 2.13. The van der Waals surface area contributed by atoms with Crippen LogP contribution in [0.5, 0.6) is 0 Å². The Morgan fingerprint density at radius 2 is 2.16 bits per heavy atom. The number of nitro groups is 1. The molecule has 124 valence electrons. The summed E-state index contributed by atoms with van der Waals surface area (Å²) in [5.41, 5.74) is -0.136. The number of hydrogen-bond acceptors (Lipinski definition) is 7. The maximum absolute atomic E-state index is 12.6. The van der Waals surface area contributed by atoms with Crippen molar-refractivity contribution in [3.8, 4) is 10.6 Å². The first kappa shape index (κ1) is 15.2. The van der Waals surface area contributed by atoms with Crippen molar-refractivity contribution in [1.82, 2.24) is 14.5 Å². The number of nitrogens with zero attached hydrogens (tertiary/aromatic N) is 4. The SMILES string of the molecule is O=c1c2cc([N+](=O)[O-])ccc2ncn1Cc1ncc(-c2cccs2)o1. The van der Waals surface area contributed by atoms with Crippen molar-refractivity contribution in [3.63, 3.8) is 0 Å². The first-order chi connectivity index (χ1) is 12.1. The van der Waals surface area contributed by atoms with Crippen molar-refractivity contribution in [2.75, 3.05) is 0 Å². The lowest BCUT2D eigenvalue weighted by molar-refractivity contribution is -0.384. The molecular weight excluding hydrogens is 344 g/mol. The molecule has 8 nitrogen and oxygen atoms in total. The van der Waals surface area contributed by atoms with Gasteiger partial charge in [-0.25, -0.2) is 9.97 Å². The van der Waals surface area contributed by atoms with Crippen LogP contribution >= 0.6 is 11.3 Å². The van der Waals surface area contributed by atoms with Crippen LogP contribution in [0.15, 0.2) is 57.4 Å². The normalized spacial score (nSPS) is 11.0. The second-order valence-electron chi connectivity index (χ2n) is 5.23. The molecule has 0 aliphatic heterocycles. The van der Waals surface area contributed by atoms with Gasteiger partial charge in [-0.15, -0.1) is 11.3 Å². The fourth-order valence-electron chi connectivity index (χ4n) is 2.43. The number of rotatable bonds is 4. The Hall–Kier alpha value is -3.33. The first-order valence-corrected chi connectivity index (χ1v) is 8.12. The predicted molar refractivity (Wildman–Crippen MR) is 91.6 cm³/mol. The van der Waals surface area contributed by atoms with Crippen molar-refractivity contribution < 1.29 is 9.34 Å². The molecule has 0 unspecified atom stereocenters. The summed E-state index contributed by atoms with van der Waals surface area (Å²) in [4.78, 5) is 32.2. The largest absolute Gasteiger partial charge is 0.438 e. The van der Waals surface area contributed by atoms with Gasteiger partial charge in [-0.05, 0) is 17.5 Å².